The van der Waals surface area contributed by atoms with Gasteiger partial charge in [-0.05, 0) is 31.2 Å². The van der Waals surface area contributed by atoms with Crippen molar-refractivity contribution in [2.75, 3.05) is 20.3 Å². The lowest BCUT2D eigenvalue weighted by atomic mass is 10.3. The van der Waals surface area contributed by atoms with Crippen LogP contribution in [-0.2, 0) is 16.1 Å². The third kappa shape index (κ3) is 6.04. The second kappa shape index (κ2) is 10.0. The molecule has 1 aromatic carbocycles. The zero-order valence-corrected chi connectivity index (χ0v) is 16.0. The fraction of sp³-hybridized carbons (Fsp3) is 0.316. The zero-order chi connectivity index (χ0) is 20.5. The number of carbonyl (C=O) groups is 2. The van der Waals surface area contributed by atoms with Crippen LogP contribution in [0.2, 0.25) is 0 Å². The van der Waals surface area contributed by atoms with Gasteiger partial charge in [-0.15, -0.1) is 0 Å². The Kier molecular flexibility index (Phi) is 7.44. The first-order valence-corrected chi connectivity index (χ1v) is 8.56. The number of aromatic nitrogens is 1. The topological polar surface area (TPSA) is 108 Å². The van der Waals surface area contributed by atoms with Crippen molar-refractivity contribution in [2.24, 2.45) is 0 Å². The van der Waals surface area contributed by atoms with E-state index in [2.05, 4.69) is 10.9 Å². The highest BCUT2D eigenvalue weighted by Crippen LogP contribution is 2.17. The normalized spacial score (nSPS) is 10.1. The van der Waals surface area contributed by atoms with Crippen molar-refractivity contribution in [3.63, 3.8) is 0 Å². The molecular formula is C19H23N3O6. The van der Waals surface area contributed by atoms with Gasteiger partial charge in [0.2, 0.25) is 11.3 Å². The smallest absolute Gasteiger partial charge is 0.276 e. The first-order valence-electron chi connectivity index (χ1n) is 8.56. The number of methoxy groups -OCH3 is 1. The van der Waals surface area contributed by atoms with Crippen molar-refractivity contribution >= 4 is 11.8 Å². The molecule has 2 rings (SSSR count). The van der Waals surface area contributed by atoms with E-state index in [9.17, 15) is 14.4 Å². The van der Waals surface area contributed by atoms with E-state index in [-0.39, 0.29) is 11.2 Å². The second-order valence-electron chi connectivity index (χ2n) is 5.83. The number of pyridine rings is 1. The minimum atomic E-state index is -0.577. The van der Waals surface area contributed by atoms with Crippen LogP contribution in [0.5, 0.6) is 17.2 Å². The lowest BCUT2D eigenvalue weighted by molar-refractivity contribution is -0.129. The summed E-state index contributed by atoms with van der Waals surface area (Å²) < 4.78 is 17.9. The van der Waals surface area contributed by atoms with E-state index < -0.39 is 18.4 Å². The fourth-order valence-electron chi connectivity index (χ4n) is 2.34. The Hall–Kier alpha value is -3.49. The summed E-state index contributed by atoms with van der Waals surface area (Å²) in [4.78, 5) is 34.4. The van der Waals surface area contributed by atoms with Gasteiger partial charge in [-0.25, -0.2) is 0 Å². The third-order valence-electron chi connectivity index (χ3n) is 3.77. The van der Waals surface area contributed by atoms with Gasteiger partial charge in [0.25, 0.3) is 5.91 Å². The summed E-state index contributed by atoms with van der Waals surface area (Å²) >= 11 is 0. The maximum absolute atomic E-state index is 12.0. The summed E-state index contributed by atoms with van der Waals surface area (Å²) in [5.74, 6) is 0.527. The van der Waals surface area contributed by atoms with Gasteiger partial charge in [0.1, 0.15) is 18.1 Å². The summed E-state index contributed by atoms with van der Waals surface area (Å²) in [5, 5.41) is 0. The van der Waals surface area contributed by atoms with Gasteiger partial charge in [0.05, 0.1) is 19.3 Å². The van der Waals surface area contributed by atoms with Crippen LogP contribution in [0, 0.1) is 6.92 Å². The molecule has 0 atom stereocenters. The number of carbonyl (C=O) groups excluding carboxylic acids is 2. The summed E-state index contributed by atoms with van der Waals surface area (Å²) in [6.07, 6.45) is 1.64. The molecule has 28 heavy (non-hydrogen) atoms. The Labute approximate surface area is 162 Å². The van der Waals surface area contributed by atoms with Gasteiger partial charge in [-0.1, -0.05) is 0 Å². The van der Waals surface area contributed by atoms with E-state index in [1.807, 2.05) is 0 Å². The van der Waals surface area contributed by atoms with E-state index in [1.165, 1.54) is 13.0 Å². The van der Waals surface area contributed by atoms with Crippen LogP contribution in [0.15, 0.2) is 41.3 Å². The summed E-state index contributed by atoms with van der Waals surface area (Å²) in [6, 6.07) is 8.58. The second-order valence-corrected chi connectivity index (χ2v) is 5.83. The van der Waals surface area contributed by atoms with E-state index in [1.54, 1.807) is 49.1 Å². The molecule has 9 nitrogen and oxygen atoms in total. The van der Waals surface area contributed by atoms with Crippen molar-refractivity contribution in [1.29, 1.82) is 0 Å². The van der Waals surface area contributed by atoms with Gasteiger partial charge in [0, 0.05) is 19.2 Å². The number of benzene rings is 1. The highest BCUT2D eigenvalue weighted by Gasteiger charge is 2.11. The Balaban J connectivity index is 1.94. The molecule has 0 bridgehead atoms. The number of amides is 2. The quantitative estimate of drug-likeness (QED) is 0.647. The monoisotopic (exact) mass is 389 g/mol. The van der Waals surface area contributed by atoms with Crippen LogP contribution in [0.3, 0.4) is 0 Å². The average molecular weight is 389 g/mol. The predicted molar refractivity (Wildman–Crippen MR) is 101 cm³/mol. The van der Waals surface area contributed by atoms with Crippen LogP contribution in [0.4, 0.5) is 0 Å². The van der Waals surface area contributed by atoms with Crippen LogP contribution < -0.4 is 30.5 Å². The van der Waals surface area contributed by atoms with Gasteiger partial charge in [-0.2, -0.15) is 0 Å². The van der Waals surface area contributed by atoms with E-state index in [0.29, 0.717) is 24.6 Å². The Morgan fingerprint density at radius 3 is 2.36 bits per heavy atom. The Morgan fingerprint density at radius 1 is 1.04 bits per heavy atom. The molecule has 0 saturated carbocycles. The first-order chi connectivity index (χ1) is 13.4. The number of rotatable bonds is 8. The number of nitrogens with one attached hydrogen (secondary N) is 2. The molecular weight excluding hydrogens is 366 g/mol. The molecule has 0 saturated heterocycles. The lowest BCUT2D eigenvalue weighted by Crippen LogP contribution is -2.43. The van der Waals surface area contributed by atoms with Crippen LogP contribution >= 0.6 is 0 Å². The molecule has 0 aliphatic carbocycles. The van der Waals surface area contributed by atoms with E-state index in [0.717, 1.165) is 5.75 Å². The standard InChI is InChI=1S/C19H23N3O6/c1-13-19(28-12-18(25)21-20-14(2)23)17(24)8-9-22(13)10-11-27-16-6-4-15(26-3)5-7-16/h4-9H,10-12H2,1-3H3,(H,20,23)(H,21,25). The molecule has 0 aliphatic heterocycles. The predicted octanol–water partition coefficient (Wildman–Crippen LogP) is 0.790. The summed E-state index contributed by atoms with van der Waals surface area (Å²) in [7, 11) is 1.60. The van der Waals surface area contributed by atoms with E-state index in [4.69, 9.17) is 14.2 Å². The van der Waals surface area contributed by atoms with Gasteiger partial charge < -0.3 is 18.8 Å². The molecule has 9 heteroatoms. The number of ether oxygens (including phenoxy) is 3. The Morgan fingerprint density at radius 2 is 1.71 bits per heavy atom. The maximum Gasteiger partial charge on any atom is 0.276 e. The summed E-state index contributed by atoms with van der Waals surface area (Å²) in [5.41, 5.74) is 4.54. The van der Waals surface area contributed by atoms with Crippen molar-refractivity contribution in [1.82, 2.24) is 15.4 Å². The first kappa shape index (κ1) is 20.8. The molecule has 2 amide bonds. The minimum Gasteiger partial charge on any atom is -0.497 e. The van der Waals surface area contributed by atoms with Crippen molar-refractivity contribution < 1.29 is 23.8 Å². The van der Waals surface area contributed by atoms with Crippen molar-refractivity contribution in [2.45, 2.75) is 20.4 Å². The van der Waals surface area contributed by atoms with Crippen molar-refractivity contribution in [3.05, 3.63) is 52.4 Å². The number of hydrogen-bond acceptors (Lipinski definition) is 6. The largest absolute Gasteiger partial charge is 0.497 e. The molecule has 1 heterocycles. The molecule has 150 valence electrons. The van der Waals surface area contributed by atoms with Gasteiger partial charge in [0.15, 0.2) is 12.4 Å². The SMILES string of the molecule is COc1ccc(OCCn2ccc(=O)c(OCC(=O)NNC(C)=O)c2C)cc1. The van der Waals surface area contributed by atoms with Crippen LogP contribution in [-0.4, -0.2) is 36.7 Å². The lowest BCUT2D eigenvalue weighted by Gasteiger charge is -2.15. The fourth-order valence-corrected chi connectivity index (χ4v) is 2.34. The van der Waals surface area contributed by atoms with Gasteiger partial charge >= 0.3 is 0 Å². The van der Waals surface area contributed by atoms with Gasteiger partial charge in [-0.3, -0.25) is 25.2 Å². The van der Waals surface area contributed by atoms with Crippen LogP contribution in [0.25, 0.3) is 0 Å². The minimum absolute atomic E-state index is 0.0740. The molecule has 0 radical (unpaired) electrons. The zero-order valence-electron chi connectivity index (χ0n) is 16.0. The number of hydrazine groups is 1. The third-order valence-corrected chi connectivity index (χ3v) is 3.77. The molecule has 2 aromatic rings. The van der Waals surface area contributed by atoms with Crippen LogP contribution in [0.1, 0.15) is 12.6 Å². The molecule has 0 spiro atoms. The van der Waals surface area contributed by atoms with Crippen molar-refractivity contribution in [3.8, 4) is 17.2 Å². The average Bonchev–Trinajstić information content (AvgIpc) is 2.68. The maximum atomic E-state index is 12.0. The molecule has 0 unspecified atom stereocenters. The summed E-state index contributed by atoms with van der Waals surface area (Å²) in [6.45, 7) is 3.43. The highest BCUT2D eigenvalue weighted by molar-refractivity contribution is 5.81. The number of hydrogen-bond donors (Lipinski definition) is 2. The Bertz CT molecular complexity index is 876. The molecule has 1 aromatic heterocycles. The molecule has 0 fully saturated rings. The highest BCUT2D eigenvalue weighted by atomic mass is 16.5. The van der Waals surface area contributed by atoms with E-state index >= 15 is 0 Å². The number of nitrogens with zero attached hydrogens (tertiary/aromatic N) is 1. The molecule has 0 aliphatic rings. The molecule has 2 N–H and O–H groups in total.